The maximum atomic E-state index is 11.2. The van der Waals surface area contributed by atoms with E-state index in [1.165, 1.54) is 0 Å². The highest BCUT2D eigenvalue weighted by Crippen LogP contribution is 2.22. The van der Waals surface area contributed by atoms with Gasteiger partial charge in [0.05, 0.1) is 0 Å². The number of aromatic nitrogens is 1. The second kappa shape index (κ2) is 4.14. The number of pyridine rings is 1. The lowest BCUT2D eigenvalue weighted by Gasteiger charge is -2.09. The molecule has 82 valence electrons. The molecule has 1 aromatic rings. The third-order valence-electron chi connectivity index (χ3n) is 2.36. The average Bonchev–Trinajstić information content (AvgIpc) is 2.55. The Morgan fingerprint density at radius 2 is 2.19 bits per heavy atom. The van der Waals surface area contributed by atoms with Crippen molar-refractivity contribution in [2.45, 2.75) is 12.5 Å². The molecule has 0 saturated carbocycles. The summed E-state index contributed by atoms with van der Waals surface area (Å²) in [5.41, 5.74) is 0.838. The van der Waals surface area contributed by atoms with Gasteiger partial charge in [-0.1, -0.05) is 0 Å². The zero-order valence-electron chi connectivity index (χ0n) is 8.38. The van der Waals surface area contributed by atoms with E-state index in [1.807, 2.05) is 0 Å². The molecule has 2 rings (SSSR count). The number of nitrogens with one attached hydrogen (secondary N) is 1. The molecule has 1 aliphatic heterocycles. The van der Waals surface area contributed by atoms with Crippen LogP contribution in [0, 0.1) is 5.41 Å². The van der Waals surface area contributed by atoms with Crippen molar-refractivity contribution in [3.63, 3.8) is 0 Å². The molecule has 16 heavy (non-hydrogen) atoms. The molecular weight excluding hydrogens is 208 g/mol. The normalized spacial score (nSPS) is 19.8. The topological polar surface area (TPSA) is 83.3 Å². The number of esters is 1. The molecule has 0 radical (unpaired) electrons. The van der Waals surface area contributed by atoms with Crippen molar-refractivity contribution in [3.8, 4) is 0 Å². The molecule has 1 unspecified atom stereocenters. The van der Waals surface area contributed by atoms with Gasteiger partial charge >= 0.3 is 5.97 Å². The number of rotatable bonds is 3. The fraction of sp³-hybridized carbons (Fsp3) is 0.182. The average molecular weight is 218 g/mol. The van der Waals surface area contributed by atoms with Crippen molar-refractivity contribution in [2.24, 2.45) is 0 Å². The van der Waals surface area contributed by atoms with E-state index >= 15 is 0 Å². The Labute approximate surface area is 91.9 Å². The van der Waals surface area contributed by atoms with E-state index in [9.17, 15) is 9.90 Å². The second-order valence-electron chi connectivity index (χ2n) is 3.40. The number of hydrogen-bond acceptors (Lipinski definition) is 5. The highest BCUT2D eigenvalue weighted by atomic mass is 16.6. The van der Waals surface area contributed by atoms with Gasteiger partial charge in [-0.3, -0.25) is 4.98 Å². The minimum atomic E-state index is -0.688. The van der Waals surface area contributed by atoms with Crippen molar-refractivity contribution in [1.82, 2.24) is 4.98 Å². The number of carbonyl (C=O) groups is 1. The molecular formula is C11H10N2O3. The summed E-state index contributed by atoms with van der Waals surface area (Å²) >= 11 is 0. The summed E-state index contributed by atoms with van der Waals surface area (Å²) in [4.78, 5) is 15.1. The van der Waals surface area contributed by atoms with Crippen LogP contribution in [0.5, 0.6) is 0 Å². The molecule has 5 heteroatoms. The van der Waals surface area contributed by atoms with Gasteiger partial charge in [0.2, 0.25) is 0 Å². The van der Waals surface area contributed by atoms with Crippen LogP contribution in [0.3, 0.4) is 0 Å². The molecule has 0 fully saturated rings. The first-order valence-corrected chi connectivity index (χ1v) is 4.76. The number of carbonyl (C=O) groups excluding carboxylic acids is 1. The van der Waals surface area contributed by atoms with Crippen LogP contribution in [0.15, 0.2) is 35.9 Å². The van der Waals surface area contributed by atoms with Gasteiger partial charge in [0, 0.05) is 25.0 Å². The standard InChI is InChI=1S/C11H10N2O3/c12-6-8-10(14)9(16-11(8)15)5-7-1-3-13-4-2-7/h1-4,6,9,12,14H,5H2. The number of ether oxygens (including phenoxy) is 1. The van der Waals surface area contributed by atoms with E-state index in [-0.39, 0.29) is 11.3 Å². The van der Waals surface area contributed by atoms with Crippen LogP contribution in [0.1, 0.15) is 5.56 Å². The summed E-state index contributed by atoms with van der Waals surface area (Å²) in [6, 6.07) is 3.56. The lowest BCUT2D eigenvalue weighted by molar-refractivity contribution is -0.139. The zero-order chi connectivity index (χ0) is 11.5. The van der Waals surface area contributed by atoms with Gasteiger partial charge in [-0.2, -0.15) is 0 Å². The molecule has 2 heterocycles. The molecule has 1 aromatic heterocycles. The van der Waals surface area contributed by atoms with Crippen LogP contribution in [0.4, 0.5) is 0 Å². The van der Waals surface area contributed by atoms with Crippen molar-refractivity contribution in [3.05, 3.63) is 41.4 Å². The molecule has 0 saturated heterocycles. The van der Waals surface area contributed by atoms with Gasteiger partial charge in [0.1, 0.15) is 11.3 Å². The summed E-state index contributed by atoms with van der Waals surface area (Å²) in [6.07, 6.45) is 3.77. The van der Waals surface area contributed by atoms with Gasteiger partial charge in [-0.05, 0) is 17.7 Å². The van der Waals surface area contributed by atoms with Gasteiger partial charge in [0.25, 0.3) is 0 Å². The first-order chi connectivity index (χ1) is 7.72. The molecule has 2 N–H and O–H groups in total. The van der Waals surface area contributed by atoms with E-state index in [4.69, 9.17) is 10.1 Å². The quantitative estimate of drug-likeness (QED) is 0.585. The molecule has 5 nitrogen and oxygen atoms in total. The highest BCUT2D eigenvalue weighted by Gasteiger charge is 2.32. The van der Waals surface area contributed by atoms with Crippen LogP contribution < -0.4 is 0 Å². The van der Waals surface area contributed by atoms with Crippen LogP contribution >= 0.6 is 0 Å². The third-order valence-corrected chi connectivity index (χ3v) is 2.36. The minimum Gasteiger partial charge on any atom is -0.507 e. The van der Waals surface area contributed by atoms with Crippen molar-refractivity contribution in [1.29, 1.82) is 5.41 Å². The summed E-state index contributed by atoms with van der Waals surface area (Å²) in [5, 5.41) is 16.6. The van der Waals surface area contributed by atoms with Crippen LogP contribution in [-0.2, 0) is 16.0 Å². The lowest BCUT2D eigenvalue weighted by Crippen LogP contribution is -2.14. The van der Waals surface area contributed by atoms with Crippen LogP contribution in [0.2, 0.25) is 0 Å². The molecule has 0 aromatic carbocycles. The van der Waals surface area contributed by atoms with E-state index < -0.39 is 12.1 Å². The van der Waals surface area contributed by atoms with E-state index in [0.29, 0.717) is 6.42 Å². The smallest absolute Gasteiger partial charge is 0.344 e. The number of hydrogen-bond donors (Lipinski definition) is 2. The monoisotopic (exact) mass is 218 g/mol. The van der Waals surface area contributed by atoms with E-state index in [0.717, 1.165) is 11.8 Å². The Kier molecular flexibility index (Phi) is 2.68. The van der Waals surface area contributed by atoms with E-state index in [2.05, 4.69) is 4.98 Å². The fourth-order valence-corrected chi connectivity index (χ4v) is 1.53. The van der Waals surface area contributed by atoms with Crippen molar-refractivity contribution >= 4 is 12.2 Å². The van der Waals surface area contributed by atoms with Gasteiger partial charge in [0.15, 0.2) is 6.10 Å². The number of aliphatic hydroxyl groups is 1. The predicted octanol–water partition coefficient (Wildman–Crippen LogP) is 1.01. The first kappa shape index (κ1) is 10.4. The minimum absolute atomic E-state index is 0.0703. The van der Waals surface area contributed by atoms with Crippen molar-refractivity contribution < 1.29 is 14.6 Å². The largest absolute Gasteiger partial charge is 0.507 e. The molecule has 1 aliphatic rings. The van der Waals surface area contributed by atoms with Crippen molar-refractivity contribution in [2.75, 3.05) is 0 Å². The summed E-state index contributed by atoms with van der Waals surface area (Å²) in [5.74, 6) is -0.816. The Morgan fingerprint density at radius 1 is 1.50 bits per heavy atom. The van der Waals surface area contributed by atoms with E-state index in [1.54, 1.807) is 24.5 Å². The molecule has 0 amide bonds. The van der Waals surface area contributed by atoms with Gasteiger partial charge in [-0.15, -0.1) is 0 Å². The zero-order valence-corrected chi connectivity index (χ0v) is 8.38. The molecule has 1 atom stereocenters. The first-order valence-electron chi connectivity index (χ1n) is 4.76. The lowest BCUT2D eigenvalue weighted by atomic mass is 10.1. The predicted molar refractivity (Wildman–Crippen MR) is 56.3 cm³/mol. The SMILES string of the molecule is N=CC1=C(O)C(Cc2ccncc2)OC1=O. The Morgan fingerprint density at radius 3 is 2.75 bits per heavy atom. The van der Waals surface area contributed by atoms with Gasteiger partial charge in [-0.25, -0.2) is 4.79 Å². The molecule has 0 bridgehead atoms. The Bertz CT molecular complexity index is 454. The number of aliphatic hydroxyl groups excluding tert-OH is 1. The highest BCUT2D eigenvalue weighted by molar-refractivity contribution is 6.10. The molecule has 0 aliphatic carbocycles. The summed E-state index contributed by atoms with van der Waals surface area (Å²) < 4.78 is 4.95. The fourth-order valence-electron chi connectivity index (χ4n) is 1.53. The van der Waals surface area contributed by atoms with Crippen LogP contribution in [0.25, 0.3) is 0 Å². The number of cyclic esters (lactones) is 1. The molecule has 0 spiro atoms. The maximum absolute atomic E-state index is 11.2. The third kappa shape index (κ3) is 1.79. The second-order valence-corrected chi connectivity index (χ2v) is 3.40. The summed E-state index contributed by atoms with van der Waals surface area (Å²) in [6.45, 7) is 0. The Hall–Kier alpha value is -2.17. The number of nitrogens with zero attached hydrogens (tertiary/aromatic N) is 1. The van der Waals surface area contributed by atoms with Gasteiger partial charge < -0.3 is 15.3 Å². The summed E-state index contributed by atoms with van der Waals surface area (Å²) in [7, 11) is 0. The van der Waals surface area contributed by atoms with Crippen LogP contribution in [-0.4, -0.2) is 28.4 Å². The maximum Gasteiger partial charge on any atom is 0.344 e. The Balaban J connectivity index is 2.17.